The van der Waals surface area contributed by atoms with Gasteiger partial charge in [-0.1, -0.05) is 0 Å². The van der Waals surface area contributed by atoms with Gasteiger partial charge >= 0.3 is 0 Å². The third-order valence-electron chi connectivity index (χ3n) is 2.32. The van der Waals surface area contributed by atoms with Gasteiger partial charge in [0, 0.05) is 18.4 Å². The second kappa shape index (κ2) is 3.89. The quantitative estimate of drug-likeness (QED) is 0.623. The van der Waals surface area contributed by atoms with E-state index < -0.39 is 0 Å². The van der Waals surface area contributed by atoms with Crippen molar-refractivity contribution in [2.75, 3.05) is 13.2 Å². The van der Waals surface area contributed by atoms with Crippen molar-refractivity contribution >= 4 is 0 Å². The molecule has 0 unspecified atom stereocenters. The smallest absolute Gasteiger partial charge is 0.254 e. The highest BCUT2D eigenvalue weighted by Crippen LogP contribution is 2.07. The van der Waals surface area contributed by atoms with E-state index in [0.29, 0.717) is 31.9 Å². The minimum Gasteiger partial charge on any atom is -0.381 e. The van der Waals surface area contributed by atoms with Crippen molar-refractivity contribution in [2.24, 2.45) is 5.73 Å². The van der Waals surface area contributed by atoms with Crippen LogP contribution in [0.4, 0.5) is 0 Å². The lowest BCUT2D eigenvalue weighted by molar-refractivity contribution is 0.146. The highest BCUT2D eigenvalue weighted by atomic mass is 16.5. The normalized spacial score (nSPS) is 16.1. The number of nitrogens with zero attached hydrogens (tertiary/aromatic N) is 1. The second-order valence-corrected chi connectivity index (χ2v) is 3.25. The van der Waals surface area contributed by atoms with Gasteiger partial charge in [0.25, 0.3) is 5.56 Å². The van der Waals surface area contributed by atoms with E-state index in [1.54, 1.807) is 0 Å². The van der Waals surface area contributed by atoms with E-state index in [-0.39, 0.29) is 12.1 Å². The number of nitrogens with one attached hydrogen (secondary N) is 1. The van der Waals surface area contributed by atoms with Crippen molar-refractivity contribution in [1.29, 1.82) is 0 Å². The third-order valence-corrected chi connectivity index (χ3v) is 2.32. The summed E-state index contributed by atoms with van der Waals surface area (Å²) in [6, 6.07) is 0. The molecule has 76 valence electrons. The van der Waals surface area contributed by atoms with E-state index in [2.05, 4.69) is 9.97 Å². The number of aromatic amines is 1. The molecule has 0 bridgehead atoms. The van der Waals surface area contributed by atoms with Crippen molar-refractivity contribution < 1.29 is 4.74 Å². The molecule has 1 aliphatic rings. The van der Waals surface area contributed by atoms with Gasteiger partial charge in [0.15, 0.2) is 0 Å². The van der Waals surface area contributed by atoms with Crippen LogP contribution in [0.15, 0.2) is 4.79 Å². The van der Waals surface area contributed by atoms with Gasteiger partial charge in [0.05, 0.1) is 25.5 Å². The first kappa shape index (κ1) is 9.36. The van der Waals surface area contributed by atoms with Gasteiger partial charge in [-0.25, -0.2) is 4.98 Å². The molecule has 0 amide bonds. The average Bonchev–Trinajstić information content (AvgIpc) is 2.42. The fourth-order valence-electron chi connectivity index (χ4n) is 1.60. The molecule has 3 N–H and O–H groups in total. The molecular formula is C9H13N3O2. The largest absolute Gasteiger partial charge is 0.381 e. The van der Waals surface area contributed by atoms with E-state index in [0.717, 1.165) is 11.3 Å². The molecule has 0 spiro atoms. The first-order valence-electron chi connectivity index (χ1n) is 4.70. The average molecular weight is 195 g/mol. The minimum atomic E-state index is -0.0686. The Morgan fingerprint density at radius 1 is 1.43 bits per heavy atom. The van der Waals surface area contributed by atoms with Gasteiger partial charge in [-0.3, -0.25) is 4.79 Å². The first-order valence-corrected chi connectivity index (χ1v) is 4.70. The van der Waals surface area contributed by atoms with Gasteiger partial charge in [-0.15, -0.1) is 0 Å². The molecule has 1 aliphatic heterocycles. The molecule has 0 aromatic carbocycles. The fraction of sp³-hybridized carbons (Fsp3) is 0.556. The topological polar surface area (TPSA) is 81.0 Å². The van der Waals surface area contributed by atoms with E-state index in [4.69, 9.17) is 10.5 Å². The molecule has 0 saturated carbocycles. The molecular weight excluding hydrogens is 182 g/mol. The third kappa shape index (κ3) is 1.69. The van der Waals surface area contributed by atoms with Crippen LogP contribution in [0.25, 0.3) is 0 Å². The summed E-state index contributed by atoms with van der Waals surface area (Å²) in [6.45, 7) is 1.50. The summed E-state index contributed by atoms with van der Waals surface area (Å²) in [4.78, 5) is 18.5. The van der Waals surface area contributed by atoms with Crippen LogP contribution >= 0.6 is 0 Å². The van der Waals surface area contributed by atoms with Crippen molar-refractivity contribution in [2.45, 2.75) is 19.4 Å². The van der Waals surface area contributed by atoms with Crippen LogP contribution in [-0.4, -0.2) is 23.2 Å². The van der Waals surface area contributed by atoms with E-state index in [1.165, 1.54) is 0 Å². The number of hydrogen-bond acceptors (Lipinski definition) is 4. The van der Waals surface area contributed by atoms with Crippen molar-refractivity contribution in [3.63, 3.8) is 0 Å². The number of H-pyrrole nitrogens is 1. The Labute approximate surface area is 81.3 Å². The molecule has 2 heterocycles. The van der Waals surface area contributed by atoms with E-state index in [1.807, 2.05) is 0 Å². The summed E-state index contributed by atoms with van der Waals surface area (Å²) in [7, 11) is 0. The van der Waals surface area contributed by atoms with Gasteiger partial charge in [0.1, 0.15) is 5.82 Å². The zero-order valence-corrected chi connectivity index (χ0v) is 7.88. The monoisotopic (exact) mass is 195 g/mol. The van der Waals surface area contributed by atoms with Gasteiger partial charge < -0.3 is 15.5 Å². The van der Waals surface area contributed by atoms with Crippen LogP contribution in [0.3, 0.4) is 0 Å². The van der Waals surface area contributed by atoms with Gasteiger partial charge in [-0.05, 0) is 0 Å². The Kier molecular flexibility index (Phi) is 2.60. The zero-order valence-electron chi connectivity index (χ0n) is 7.88. The molecule has 5 nitrogen and oxygen atoms in total. The van der Waals surface area contributed by atoms with Gasteiger partial charge in [0.2, 0.25) is 0 Å². The number of hydrogen-bond donors (Lipinski definition) is 2. The molecule has 5 heteroatoms. The Morgan fingerprint density at radius 2 is 2.21 bits per heavy atom. The van der Waals surface area contributed by atoms with Crippen LogP contribution in [0.1, 0.15) is 17.1 Å². The number of fused-ring (bicyclic) bond motifs is 1. The Balaban J connectivity index is 2.48. The maximum absolute atomic E-state index is 11.6. The van der Waals surface area contributed by atoms with E-state index in [9.17, 15) is 4.79 Å². The molecule has 0 atom stereocenters. The lowest BCUT2D eigenvalue weighted by Crippen LogP contribution is -2.21. The number of aromatic nitrogens is 2. The lowest BCUT2D eigenvalue weighted by Gasteiger charge is -2.04. The first-order chi connectivity index (χ1) is 6.81. The highest BCUT2D eigenvalue weighted by molar-refractivity contribution is 5.19. The predicted octanol–water partition coefficient (Wildman–Crippen LogP) is -0.656. The standard InChI is InChI=1S/C9H13N3O2/c10-5-8-11-7-2-4-14-3-1-6(7)9(13)12-8/h1-5,10H2,(H,11,12,13). The van der Waals surface area contributed by atoms with Crippen LogP contribution in [0.5, 0.6) is 0 Å². The summed E-state index contributed by atoms with van der Waals surface area (Å²) in [5.74, 6) is 0.552. The molecule has 14 heavy (non-hydrogen) atoms. The van der Waals surface area contributed by atoms with Crippen molar-refractivity contribution in [3.05, 3.63) is 27.4 Å². The molecule has 0 radical (unpaired) electrons. The molecule has 0 aliphatic carbocycles. The zero-order chi connectivity index (χ0) is 9.97. The lowest BCUT2D eigenvalue weighted by atomic mass is 10.1. The molecule has 0 fully saturated rings. The summed E-state index contributed by atoms with van der Waals surface area (Å²) in [5, 5.41) is 0. The van der Waals surface area contributed by atoms with Crippen LogP contribution in [0.2, 0.25) is 0 Å². The summed E-state index contributed by atoms with van der Waals surface area (Å²) >= 11 is 0. The highest BCUT2D eigenvalue weighted by Gasteiger charge is 2.13. The fourth-order valence-corrected chi connectivity index (χ4v) is 1.60. The minimum absolute atomic E-state index is 0.0686. The maximum atomic E-state index is 11.6. The summed E-state index contributed by atoms with van der Waals surface area (Å²) < 4.78 is 5.28. The number of rotatable bonds is 1. The van der Waals surface area contributed by atoms with Gasteiger partial charge in [-0.2, -0.15) is 0 Å². The molecule has 1 aromatic rings. The Morgan fingerprint density at radius 3 is 3.00 bits per heavy atom. The maximum Gasteiger partial charge on any atom is 0.254 e. The molecule has 0 saturated heterocycles. The van der Waals surface area contributed by atoms with E-state index >= 15 is 0 Å². The number of ether oxygens (including phenoxy) is 1. The Bertz CT molecular complexity index is 386. The number of nitrogens with two attached hydrogens (primary N) is 1. The van der Waals surface area contributed by atoms with Crippen molar-refractivity contribution in [1.82, 2.24) is 9.97 Å². The molecule has 2 rings (SSSR count). The van der Waals surface area contributed by atoms with Crippen LogP contribution in [-0.2, 0) is 24.1 Å². The second-order valence-electron chi connectivity index (χ2n) is 3.25. The Hall–Kier alpha value is -1.20. The van der Waals surface area contributed by atoms with Crippen LogP contribution in [0, 0.1) is 0 Å². The summed E-state index contributed by atoms with van der Waals surface area (Å²) in [6.07, 6.45) is 1.34. The summed E-state index contributed by atoms with van der Waals surface area (Å²) in [5.41, 5.74) is 6.95. The molecule has 1 aromatic heterocycles. The predicted molar refractivity (Wildman–Crippen MR) is 51.0 cm³/mol. The van der Waals surface area contributed by atoms with Crippen molar-refractivity contribution in [3.8, 4) is 0 Å². The van der Waals surface area contributed by atoms with Crippen LogP contribution < -0.4 is 11.3 Å². The SMILES string of the molecule is NCc1nc2c(c(=O)[nH]1)CCOCC2.